The van der Waals surface area contributed by atoms with Gasteiger partial charge < -0.3 is 9.84 Å². The van der Waals surface area contributed by atoms with Gasteiger partial charge in [0.1, 0.15) is 17.9 Å². The van der Waals surface area contributed by atoms with E-state index >= 15 is 0 Å². The van der Waals surface area contributed by atoms with Gasteiger partial charge in [-0.15, -0.1) is 13.2 Å². The lowest BCUT2D eigenvalue weighted by molar-refractivity contribution is -0.274. The van der Waals surface area contributed by atoms with Gasteiger partial charge in [0.15, 0.2) is 0 Å². The van der Waals surface area contributed by atoms with Gasteiger partial charge in [-0.05, 0) is 53.6 Å². The number of ether oxygens (including phenoxy) is 1. The summed E-state index contributed by atoms with van der Waals surface area (Å²) in [5.74, 6) is -2.06. The summed E-state index contributed by atoms with van der Waals surface area (Å²) in [4.78, 5) is 15.4. The molecule has 0 atom stereocenters. The molecule has 0 saturated carbocycles. The van der Waals surface area contributed by atoms with Crippen LogP contribution in [0.1, 0.15) is 10.4 Å². The predicted octanol–water partition coefficient (Wildman–Crippen LogP) is 5.43. The van der Waals surface area contributed by atoms with Gasteiger partial charge in [0.25, 0.3) is 0 Å². The van der Waals surface area contributed by atoms with Crippen LogP contribution in [0.5, 0.6) is 5.75 Å². The highest BCUT2D eigenvalue weighted by Gasteiger charge is 2.31. The first kappa shape index (κ1) is 19.4. The topological polar surface area (TPSA) is 64.3 Å². The standard InChI is InChI=1S/C21H12F4N2O3/c22-16-7-3-13(12-1-5-15(6-2-12)30-21(23,24)25)9-18(16)27-11-26-17-8-4-14(20(28)29)10-19(17)27/h1-11H,(H,28,29). The van der Waals surface area contributed by atoms with E-state index in [9.17, 15) is 27.5 Å². The highest BCUT2D eigenvalue weighted by molar-refractivity contribution is 5.92. The van der Waals surface area contributed by atoms with E-state index in [4.69, 9.17) is 0 Å². The molecular formula is C21H12F4N2O3. The van der Waals surface area contributed by atoms with E-state index in [1.807, 2.05) is 0 Å². The molecule has 0 unspecified atom stereocenters. The molecule has 0 spiro atoms. The van der Waals surface area contributed by atoms with Crippen molar-refractivity contribution >= 4 is 17.0 Å². The summed E-state index contributed by atoms with van der Waals surface area (Å²) in [6.45, 7) is 0. The number of halogens is 4. The van der Waals surface area contributed by atoms with Gasteiger partial charge in [0, 0.05) is 0 Å². The number of carbonyl (C=O) groups is 1. The fraction of sp³-hybridized carbons (Fsp3) is 0.0476. The van der Waals surface area contributed by atoms with Crippen LogP contribution in [0.2, 0.25) is 0 Å². The monoisotopic (exact) mass is 416 g/mol. The second-order valence-corrected chi connectivity index (χ2v) is 6.36. The van der Waals surface area contributed by atoms with Crippen LogP contribution >= 0.6 is 0 Å². The second-order valence-electron chi connectivity index (χ2n) is 6.36. The Bertz CT molecular complexity index is 1250. The first-order valence-corrected chi connectivity index (χ1v) is 8.58. The number of benzene rings is 3. The van der Waals surface area contributed by atoms with Crippen molar-refractivity contribution in [3.63, 3.8) is 0 Å². The van der Waals surface area contributed by atoms with E-state index in [2.05, 4.69) is 9.72 Å². The number of rotatable bonds is 4. The van der Waals surface area contributed by atoms with E-state index in [-0.39, 0.29) is 17.0 Å². The van der Waals surface area contributed by atoms with Crippen LogP contribution in [0.15, 0.2) is 67.0 Å². The van der Waals surface area contributed by atoms with E-state index in [0.29, 0.717) is 22.2 Å². The van der Waals surface area contributed by atoms with Gasteiger partial charge in [-0.25, -0.2) is 14.2 Å². The molecule has 0 aliphatic rings. The average molecular weight is 416 g/mol. The van der Waals surface area contributed by atoms with Crippen molar-refractivity contribution in [3.05, 3.63) is 78.4 Å². The lowest BCUT2D eigenvalue weighted by atomic mass is 10.0. The molecule has 0 fully saturated rings. The van der Waals surface area contributed by atoms with Gasteiger partial charge >= 0.3 is 12.3 Å². The van der Waals surface area contributed by atoms with Crippen molar-refractivity contribution in [1.82, 2.24) is 9.55 Å². The molecule has 152 valence electrons. The zero-order valence-electron chi connectivity index (χ0n) is 15.0. The number of aromatic carboxylic acids is 1. The fourth-order valence-corrected chi connectivity index (χ4v) is 3.06. The summed E-state index contributed by atoms with van der Waals surface area (Å²) in [5, 5.41) is 9.20. The minimum atomic E-state index is -4.79. The summed E-state index contributed by atoms with van der Waals surface area (Å²) >= 11 is 0. The van der Waals surface area contributed by atoms with Crippen LogP contribution in [-0.2, 0) is 0 Å². The third-order valence-electron chi connectivity index (χ3n) is 4.42. The number of nitrogens with zero attached hydrogens (tertiary/aromatic N) is 2. The molecule has 1 aromatic heterocycles. The predicted molar refractivity (Wildman–Crippen MR) is 100 cm³/mol. The first-order chi connectivity index (χ1) is 14.2. The first-order valence-electron chi connectivity index (χ1n) is 8.58. The molecule has 0 aliphatic heterocycles. The van der Waals surface area contributed by atoms with E-state index in [1.54, 1.807) is 0 Å². The number of imidazole rings is 1. The van der Waals surface area contributed by atoms with Crippen LogP contribution in [0.3, 0.4) is 0 Å². The highest BCUT2D eigenvalue weighted by Crippen LogP contribution is 2.29. The molecule has 1 heterocycles. The van der Waals surface area contributed by atoms with Crippen LogP contribution in [0, 0.1) is 5.82 Å². The van der Waals surface area contributed by atoms with Gasteiger partial charge in [-0.3, -0.25) is 4.57 Å². The molecule has 0 aliphatic carbocycles. The lowest BCUT2D eigenvalue weighted by Crippen LogP contribution is -2.16. The fourth-order valence-electron chi connectivity index (χ4n) is 3.06. The van der Waals surface area contributed by atoms with Gasteiger partial charge in [-0.2, -0.15) is 0 Å². The maximum atomic E-state index is 14.6. The summed E-state index contributed by atoms with van der Waals surface area (Å²) < 4.78 is 56.8. The van der Waals surface area contributed by atoms with Crippen molar-refractivity contribution in [2.75, 3.05) is 0 Å². The Morgan fingerprint density at radius 1 is 0.967 bits per heavy atom. The number of carboxylic acids is 1. The van der Waals surface area contributed by atoms with E-state index in [0.717, 1.165) is 12.1 Å². The summed E-state index contributed by atoms with van der Waals surface area (Å²) in [6, 6.07) is 13.7. The molecule has 0 bridgehead atoms. The van der Waals surface area contributed by atoms with Gasteiger partial charge in [0.05, 0.1) is 22.3 Å². The minimum Gasteiger partial charge on any atom is -0.478 e. The molecule has 0 amide bonds. The maximum Gasteiger partial charge on any atom is 0.573 e. The van der Waals surface area contributed by atoms with E-state index in [1.165, 1.54) is 59.4 Å². The zero-order chi connectivity index (χ0) is 21.5. The molecule has 0 radical (unpaired) electrons. The quantitative estimate of drug-likeness (QED) is 0.451. The summed E-state index contributed by atoms with van der Waals surface area (Å²) in [5.41, 5.74) is 2.12. The van der Waals surface area contributed by atoms with E-state index < -0.39 is 18.1 Å². The number of alkyl halides is 3. The molecule has 1 N–H and O–H groups in total. The van der Waals surface area contributed by atoms with Crippen molar-refractivity contribution < 1.29 is 32.2 Å². The molecule has 5 nitrogen and oxygen atoms in total. The average Bonchev–Trinajstić information content (AvgIpc) is 3.11. The summed E-state index contributed by atoms with van der Waals surface area (Å²) in [7, 11) is 0. The smallest absolute Gasteiger partial charge is 0.478 e. The van der Waals surface area contributed by atoms with Crippen LogP contribution in [-0.4, -0.2) is 27.0 Å². The normalized spacial score (nSPS) is 11.6. The SMILES string of the molecule is O=C(O)c1ccc2ncn(-c3cc(-c4ccc(OC(F)(F)F)cc4)ccc3F)c2c1. The minimum absolute atomic E-state index is 0.0288. The Morgan fingerprint density at radius 2 is 1.67 bits per heavy atom. The zero-order valence-corrected chi connectivity index (χ0v) is 15.0. The summed E-state index contributed by atoms with van der Waals surface area (Å²) in [6.07, 6.45) is -3.42. The number of carboxylic acid groups (broad SMARTS) is 1. The van der Waals surface area contributed by atoms with Crippen LogP contribution < -0.4 is 4.74 Å². The molecule has 4 rings (SSSR count). The molecule has 9 heteroatoms. The second kappa shape index (κ2) is 7.18. The number of hydrogen-bond donors (Lipinski definition) is 1. The van der Waals surface area contributed by atoms with Crippen LogP contribution in [0.25, 0.3) is 27.8 Å². The van der Waals surface area contributed by atoms with Gasteiger partial charge in [-0.1, -0.05) is 18.2 Å². The Balaban J connectivity index is 1.75. The highest BCUT2D eigenvalue weighted by atomic mass is 19.4. The lowest BCUT2D eigenvalue weighted by Gasteiger charge is -2.11. The third-order valence-corrected chi connectivity index (χ3v) is 4.42. The molecule has 0 saturated heterocycles. The molecule has 4 aromatic rings. The van der Waals surface area contributed by atoms with Crippen molar-refractivity contribution in [3.8, 4) is 22.6 Å². The Hall–Kier alpha value is -3.88. The molecule has 3 aromatic carbocycles. The van der Waals surface area contributed by atoms with Crippen molar-refractivity contribution in [2.45, 2.75) is 6.36 Å². The largest absolute Gasteiger partial charge is 0.573 e. The third kappa shape index (κ3) is 3.82. The van der Waals surface area contributed by atoms with Crippen molar-refractivity contribution in [1.29, 1.82) is 0 Å². The number of fused-ring (bicyclic) bond motifs is 1. The maximum absolute atomic E-state index is 14.6. The van der Waals surface area contributed by atoms with Gasteiger partial charge in [0.2, 0.25) is 0 Å². The Kier molecular flexibility index (Phi) is 4.65. The Labute approximate surface area is 166 Å². The molecule has 30 heavy (non-hydrogen) atoms. The number of hydrogen-bond acceptors (Lipinski definition) is 3. The number of aromatic nitrogens is 2. The van der Waals surface area contributed by atoms with Crippen molar-refractivity contribution in [2.24, 2.45) is 0 Å². The van der Waals surface area contributed by atoms with Crippen LogP contribution in [0.4, 0.5) is 17.6 Å². The molecular weight excluding hydrogens is 404 g/mol. The Morgan fingerprint density at radius 3 is 2.33 bits per heavy atom.